The molecule has 1 aliphatic heterocycles. The van der Waals surface area contributed by atoms with Gasteiger partial charge in [0.05, 0.1) is 0 Å². The second-order valence-corrected chi connectivity index (χ2v) is 7.46. The first-order chi connectivity index (χ1) is 10.9. The quantitative estimate of drug-likeness (QED) is 0.845. The molecule has 0 radical (unpaired) electrons. The molecule has 3 nitrogen and oxygen atoms in total. The maximum absolute atomic E-state index is 13.4. The number of piperidine rings is 1. The zero-order valence-corrected chi connectivity index (χ0v) is 14.5. The molecule has 0 aromatic heterocycles. The second kappa shape index (κ2) is 7.91. The number of carbonyl (C=O) groups is 1. The molecule has 0 spiro atoms. The van der Waals surface area contributed by atoms with Gasteiger partial charge in [-0.2, -0.15) is 0 Å². The third-order valence-electron chi connectivity index (χ3n) is 4.98. The summed E-state index contributed by atoms with van der Waals surface area (Å²) in [6, 6.07) is 6.61. The minimum atomic E-state index is -0.284. The highest BCUT2D eigenvalue weighted by molar-refractivity contribution is 5.76. The van der Waals surface area contributed by atoms with Gasteiger partial charge in [-0.3, -0.25) is 4.79 Å². The van der Waals surface area contributed by atoms with Gasteiger partial charge in [-0.15, -0.1) is 0 Å². The van der Waals surface area contributed by atoms with E-state index in [9.17, 15) is 9.18 Å². The SMILES string of the molecule is CC(CC(=O)NCC(C)(C)c1cccc(F)c1)C1CCCNC1. The van der Waals surface area contributed by atoms with E-state index < -0.39 is 0 Å². The number of nitrogens with one attached hydrogen (secondary N) is 2. The summed E-state index contributed by atoms with van der Waals surface area (Å²) in [7, 11) is 0. The van der Waals surface area contributed by atoms with Crippen LogP contribution in [-0.2, 0) is 10.2 Å². The Bertz CT molecular complexity index is 524. The van der Waals surface area contributed by atoms with Crippen LogP contribution in [0.25, 0.3) is 0 Å². The van der Waals surface area contributed by atoms with Gasteiger partial charge in [-0.05, 0) is 55.5 Å². The second-order valence-electron chi connectivity index (χ2n) is 7.46. The first-order valence-electron chi connectivity index (χ1n) is 8.62. The summed E-state index contributed by atoms with van der Waals surface area (Å²) in [6.45, 7) is 8.84. The fourth-order valence-electron chi connectivity index (χ4n) is 3.23. The van der Waals surface area contributed by atoms with Crippen molar-refractivity contribution in [1.82, 2.24) is 10.6 Å². The molecule has 128 valence electrons. The fourth-order valence-corrected chi connectivity index (χ4v) is 3.23. The molecule has 0 saturated carbocycles. The predicted octanol–water partition coefficient (Wildman–Crippen LogP) is 3.25. The summed E-state index contributed by atoms with van der Waals surface area (Å²) < 4.78 is 13.4. The van der Waals surface area contributed by atoms with Gasteiger partial charge in [-0.1, -0.05) is 32.9 Å². The molecular weight excluding hydrogens is 291 g/mol. The molecule has 1 heterocycles. The number of hydrogen-bond donors (Lipinski definition) is 2. The Morgan fingerprint density at radius 2 is 2.26 bits per heavy atom. The molecule has 4 heteroatoms. The number of rotatable bonds is 6. The van der Waals surface area contributed by atoms with Crippen molar-refractivity contribution in [2.24, 2.45) is 11.8 Å². The van der Waals surface area contributed by atoms with Crippen LogP contribution in [0.15, 0.2) is 24.3 Å². The molecule has 2 rings (SSSR count). The number of halogens is 1. The highest BCUT2D eigenvalue weighted by Gasteiger charge is 2.25. The Morgan fingerprint density at radius 3 is 2.91 bits per heavy atom. The summed E-state index contributed by atoms with van der Waals surface area (Å²) >= 11 is 0. The summed E-state index contributed by atoms with van der Waals surface area (Å²) in [4.78, 5) is 12.2. The lowest BCUT2D eigenvalue weighted by molar-refractivity contribution is -0.122. The normalized spacial score (nSPS) is 20.1. The standard InChI is InChI=1S/C19H29FN2O/c1-14(15-6-5-9-21-12-15)10-18(23)22-13-19(2,3)16-7-4-8-17(20)11-16/h4,7-8,11,14-15,21H,5-6,9-10,12-13H2,1-3H3,(H,22,23). The van der Waals surface area contributed by atoms with Gasteiger partial charge in [0.2, 0.25) is 5.91 Å². The molecule has 1 aliphatic rings. The van der Waals surface area contributed by atoms with E-state index in [1.165, 1.54) is 18.9 Å². The first kappa shape index (κ1) is 17.9. The first-order valence-corrected chi connectivity index (χ1v) is 8.62. The van der Waals surface area contributed by atoms with Crippen molar-refractivity contribution in [2.75, 3.05) is 19.6 Å². The fraction of sp³-hybridized carbons (Fsp3) is 0.632. The number of hydrogen-bond acceptors (Lipinski definition) is 2. The van der Waals surface area contributed by atoms with E-state index in [1.807, 2.05) is 19.9 Å². The highest BCUT2D eigenvalue weighted by atomic mass is 19.1. The van der Waals surface area contributed by atoms with E-state index in [0.717, 1.165) is 18.7 Å². The van der Waals surface area contributed by atoms with Gasteiger partial charge in [-0.25, -0.2) is 4.39 Å². The monoisotopic (exact) mass is 320 g/mol. The van der Waals surface area contributed by atoms with Gasteiger partial charge >= 0.3 is 0 Å². The maximum atomic E-state index is 13.4. The van der Waals surface area contributed by atoms with Gasteiger partial charge in [0.25, 0.3) is 0 Å². The topological polar surface area (TPSA) is 41.1 Å². The van der Waals surface area contributed by atoms with Crippen LogP contribution in [-0.4, -0.2) is 25.5 Å². The van der Waals surface area contributed by atoms with Crippen LogP contribution in [0.3, 0.4) is 0 Å². The molecular formula is C19H29FN2O. The van der Waals surface area contributed by atoms with Crippen LogP contribution in [0.5, 0.6) is 0 Å². The molecule has 0 aliphatic carbocycles. The van der Waals surface area contributed by atoms with Crippen molar-refractivity contribution in [2.45, 2.75) is 45.4 Å². The van der Waals surface area contributed by atoms with Crippen molar-refractivity contribution in [1.29, 1.82) is 0 Å². The predicted molar refractivity (Wildman–Crippen MR) is 91.8 cm³/mol. The van der Waals surface area contributed by atoms with E-state index in [2.05, 4.69) is 17.6 Å². The summed E-state index contributed by atoms with van der Waals surface area (Å²) in [5, 5.41) is 6.43. The van der Waals surface area contributed by atoms with Crippen molar-refractivity contribution in [3.8, 4) is 0 Å². The van der Waals surface area contributed by atoms with Crippen LogP contribution in [0, 0.1) is 17.7 Å². The zero-order valence-electron chi connectivity index (χ0n) is 14.5. The molecule has 23 heavy (non-hydrogen) atoms. The third-order valence-corrected chi connectivity index (χ3v) is 4.98. The minimum Gasteiger partial charge on any atom is -0.355 e. The van der Waals surface area contributed by atoms with Gasteiger partial charge < -0.3 is 10.6 Å². The van der Waals surface area contributed by atoms with Crippen LogP contribution in [0.1, 0.15) is 45.6 Å². The lowest BCUT2D eigenvalue weighted by Crippen LogP contribution is -2.39. The Hall–Kier alpha value is -1.42. The van der Waals surface area contributed by atoms with Crippen LogP contribution >= 0.6 is 0 Å². The minimum absolute atomic E-state index is 0.0903. The van der Waals surface area contributed by atoms with Crippen molar-refractivity contribution in [3.05, 3.63) is 35.6 Å². The maximum Gasteiger partial charge on any atom is 0.220 e. The van der Waals surface area contributed by atoms with E-state index in [1.54, 1.807) is 12.1 Å². The molecule has 1 aromatic rings. The number of benzene rings is 1. The molecule has 0 bridgehead atoms. The van der Waals surface area contributed by atoms with E-state index in [0.29, 0.717) is 24.8 Å². The Morgan fingerprint density at radius 1 is 1.48 bits per heavy atom. The highest BCUT2D eigenvalue weighted by Crippen LogP contribution is 2.24. The molecule has 2 atom stereocenters. The van der Waals surface area contributed by atoms with E-state index in [-0.39, 0.29) is 17.1 Å². The van der Waals surface area contributed by atoms with E-state index >= 15 is 0 Å². The van der Waals surface area contributed by atoms with Crippen LogP contribution in [0.2, 0.25) is 0 Å². The molecule has 1 amide bonds. The smallest absolute Gasteiger partial charge is 0.220 e. The lowest BCUT2D eigenvalue weighted by atomic mass is 9.83. The Balaban J connectivity index is 1.83. The lowest BCUT2D eigenvalue weighted by Gasteiger charge is -2.29. The average molecular weight is 320 g/mol. The summed E-state index contributed by atoms with van der Waals surface area (Å²) in [5.74, 6) is 0.832. The molecule has 1 saturated heterocycles. The van der Waals surface area contributed by atoms with Crippen molar-refractivity contribution in [3.63, 3.8) is 0 Å². The molecule has 2 unspecified atom stereocenters. The molecule has 2 N–H and O–H groups in total. The summed E-state index contributed by atoms with van der Waals surface area (Å²) in [5.41, 5.74) is 0.621. The van der Waals surface area contributed by atoms with Gasteiger partial charge in [0.15, 0.2) is 0 Å². The van der Waals surface area contributed by atoms with E-state index in [4.69, 9.17) is 0 Å². The third kappa shape index (κ3) is 5.31. The molecule has 1 fully saturated rings. The average Bonchev–Trinajstić information content (AvgIpc) is 2.54. The van der Waals surface area contributed by atoms with Crippen molar-refractivity contribution < 1.29 is 9.18 Å². The van der Waals surface area contributed by atoms with Crippen LogP contribution < -0.4 is 10.6 Å². The van der Waals surface area contributed by atoms with Gasteiger partial charge in [0, 0.05) is 18.4 Å². The largest absolute Gasteiger partial charge is 0.355 e. The Kier molecular flexibility index (Phi) is 6.17. The van der Waals surface area contributed by atoms with Crippen LogP contribution in [0.4, 0.5) is 4.39 Å². The Labute approximate surface area is 139 Å². The number of amides is 1. The number of carbonyl (C=O) groups excluding carboxylic acids is 1. The zero-order chi connectivity index (χ0) is 16.9. The summed E-state index contributed by atoms with van der Waals surface area (Å²) in [6.07, 6.45) is 2.96. The van der Waals surface area contributed by atoms with Gasteiger partial charge in [0.1, 0.15) is 5.82 Å². The van der Waals surface area contributed by atoms with Crippen molar-refractivity contribution >= 4 is 5.91 Å². The molecule has 1 aromatic carbocycles.